The van der Waals surface area contributed by atoms with Crippen molar-refractivity contribution in [1.82, 2.24) is 15.1 Å². The van der Waals surface area contributed by atoms with Crippen LogP contribution in [0.1, 0.15) is 47.3 Å². The Labute approximate surface area is 220 Å². The van der Waals surface area contributed by atoms with Crippen LogP contribution < -0.4 is 11.1 Å². The van der Waals surface area contributed by atoms with Crippen LogP contribution in [0.5, 0.6) is 0 Å². The van der Waals surface area contributed by atoms with Gasteiger partial charge in [-0.05, 0) is 49.1 Å². The number of nitrogens with zero attached hydrogens (tertiary/aromatic N) is 3. The van der Waals surface area contributed by atoms with Crippen LogP contribution in [-0.2, 0) is 16.1 Å². The molecule has 37 heavy (non-hydrogen) atoms. The standard InChI is InChI=1S/C26H35N5O5S/c1-36-13-12-29(16-18-4-10-21(11-5-18)31(34)35)22-15-23(25(32)28-20-8-6-19(27)7-9-20)30(17-22)26(33)24-3-2-14-37-24/h2-5,10-11,14,19-20,22-23H,6-9,12-13,15-17,27H2,1H3,(H,28,32). The van der Waals surface area contributed by atoms with Crippen molar-refractivity contribution >= 4 is 28.8 Å². The lowest BCUT2D eigenvalue weighted by Crippen LogP contribution is -2.50. The summed E-state index contributed by atoms with van der Waals surface area (Å²) in [6, 6.07) is 9.75. The van der Waals surface area contributed by atoms with Crippen molar-refractivity contribution < 1.29 is 19.2 Å². The summed E-state index contributed by atoms with van der Waals surface area (Å²) in [5, 5.41) is 16.1. The zero-order valence-corrected chi connectivity index (χ0v) is 21.9. The molecular formula is C26H35N5O5S. The lowest BCUT2D eigenvalue weighted by molar-refractivity contribution is -0.384. The van der Waals surface area contributed by atoms with E-state index in [9.17, 15) is 19.7 Å². The van der Waals surface area contributed by atoms with Crippen molar-refractivity contribution in [1.29, 1.82) is 0 Å². The molecular weight excluding hydrogens is 494 g/mol. The van der Waals surface area contributed by atoms with E-state index >= 15 is 0 Å². The minimum atomic E-state index is -0.572. The normalized spacial score (nSPS) is 23.8. The fourth-order valence-corrected chi connectivity index (χ4v) is 5.89. The summed E-state index contributed by atoms with van der Waals surface area (Å²) in [6.45, 7) is 2.04. The Hall–Kier alpha value is -2.86. The fourth-order valence-electron chi connectivity index (χ4n) is 5.21. The molecule has 0 radical (unpaired) electrons. The van der Waals surface area contributed by atoms with E-state index in [0.29, 0.717) is 37.5 Å². The topological polar surface area (TPSA) is 131 Å². The molecule has 1 aliphatic carbocycles. The Morgan fingerprint density at radius 1 is 1.22 bits per heavy atom. The highest BCUT2D eigenvalue weighted by Crippen LogP contribution is 2.28. The van der Waals surface area contributed by atoms with E-state index in [2.05, 4.69) is 10.2 Å². The Morgan fingerprint density at radius 2 is 1.95 bits per heavy atom. The number of hydrogen-bond donors (Lipinski definition) is 2. The van der Waals surface area contributed by atoms with Crippen molar-refractivity contribution in [2.75, 3.05) is 26.8 Å². The van der Waals surface area contributed by atoms with E-state index in [1.165, 1.54) is 23.5 Å². The number of nitrogens with two attached hydrogens (primary N) is 1. The maximum atomic E-state index is 13.5. The fraction of sp³-hybridized carbons (Fsp3) is 0.538. The van der Waals surface area contributed by atoms with Gasteiger partial charge < -0.3 is 20.7 Å². The SMILES string of the molecule is COCCN(Cc1ccc([N+](=O)[O-])cc1)C1CC(C(=O)NC2CCC(N)CC2)N(C(=O)c2cccs2)C1. The lowest BCUT2D eigenvalue weighted by Gasteiger charge is -2.29. The first-order valence-electron chi connectivity index (χ1n) is 12.7. The summed E-state index contributed by atoms with van der Waals surface area (Å²) in [5.74, 6) is -0.250. The number of amides is 2. The molecule has 1 saturated carbocycles. The van der Waals surface area contributed by atoms with Gasteiger partial charge in [-0.25, -0.2) is 0 Å². The van der Waals surface area contributed by atoms with Gasteiger partial charge in [-0.15, -0.1) is 11.3 Å². The Bertz CT molecular complexity index is 1060. The third-order valence-electron chi connectivity index (χ3n) is 7.32. The van der Waals surface area contributed by atoms with Crippen LogP contribution in [0.3, 0.4) is 0 Å². The third-order valence-corrected chi connectivity index (χ3v) is 8.18. The predicted molar refractivity (Wildman–Crippen MR) is 141 cm³/mol. The first-order valence-corrected chi connectivity index (χ1v) is 13.6. The first-order chi connectivity index (χ1) is 17.9. The van der Waals surface area contributed by atoms with Gasteiger partial charge in [-0.1, -0.05) is 18.2 Å². The zero-order valence-electron chi connectivity index (χ0n) is 21.1. The van der Waals surface area contributed by atoms with Crippen LogP contribution >= 0.6 is 11.3 Å². The second kappa shape index (κ2) is 12.6. The van der Waals surface area contributed by atoms with E-state index in [-0.39, 0.29) is 35.6 Å². The number of nitro groups is 1. The summed E-state index contributed by atoms with van der Waals surface area (Å²) in [5.41, 5.74) is 6.99. The second-order valence-corrected chi connectivity index (χ2v) is 10.8. The summed E-state index contributed by atoms with van der Waals surface area (Å²) in [7, 11) is 1.64. The van der Waals surface area contributed by atoms with Crippen LogP contribution in [0.2, 0.25) is 0 Å². The van der Waals surface area contributed by atoms with Gasteiger partial charge in [0, 0.05) is 57.0 Å². The van der Waals surface area contributed by atoms with Crippen molar-refractivity contribution in [3.8, 4) is 0 Å². The molecule has 2 atom stereocenters. The Balaban J connectivity index is 1.52. The molecule has 2 aromatic rings. The summed E-state index contributed by atoms with van der Waals surface area (Å²) < 4.78 is 5.34. The number of carbonyl (C=O) groups is 2. The molecule has 10 nitrogen and oxygen atoms in total. The molecule has 2 fully saturated rings. The summed E-state index contributed by atoms with van der Waals surface area (Å²) in [4.78, 5) is 42.1. The Morgan fingerprint density at radius 3 is 2.57 bits per heavy atom. The number of non-ortho nitro benzene ring substituents is 1. The van der Waals surface area contributed by atoms with E-state index < -0.39 is 11.0 Å². The van der Waals surface area contributed by atoms with Crippen LogP contribution in [0.15, 0.2) is 41.8 Å². The summed E-state index contributed by atoms with van der Waals surface area (Å²) in [6.07, 6.45) is 3.97. The van der Waals surface area contributed by atoms with Crippen molar-refractivity contribution in [3.63, 3.8) is 0 Å². The van der Waals surface area contributed by atoms with E-state index in [4.69, 9.17) is 10.5 Å². The number of likely N-dealkylation sites (tertiary alicyclic amines) is 1. The zero-order chi connectivity index (χ0) is 26.4. The number of carbonyl (C=O) groups excluding carboxylic acids is 2. The number of benzene rings is 1. The number of hydrogen-bond acceptors (Lipinski definition) is 8. The number of thiophene rings is 1. The Kier molecular flexibility index (Phi) is 9.25. The van der Waals surface area contributed by atoms with Gasteiger partial charge in [0.15, 0.2) is 0 Å². The molecule has 4 rings (SSSR count). The predicted octanol–water partition coefficient (Wildman–Crippen LogP) is 2.77. The van der Waals surface area contributed by atoms with Crippen LogP contribution in [-0.4, -0.2) is 77.5 Å². The van der Waals surface area contributed by atoms with Gasteiger partial charge in [-0.3, -0.25) is 24.6 Å². The number of ether oxygens (including phenoxy) is 1. The van der Waals surface area contributed by atoms with Gasteiger partial charge in [0.2, 0.25) is 5.91 Å². The molecule has 1 aromatic carbocycles. The number of methoxy groups -OCH3 is 1. The number of nitro benzene ring substituents is 1. The van der Waals surface area contributed by atoms with Gasteiger partial charge in [0.05, 0.1) is 16.4 Å². The smallest absolute Gasteiger partial charge is 0.269 e. The quantitative estimate of drug-likeness (QED) is 0.357. The van der Waals surface area contributed by atoms with Gasteiger partial charge in [0.1, 0.15) is 6.04 Å². The molecule has 2 unspecified atom stereocenters. The van der Waals surface area contributed by atoms with Gasteiger partial charge in [-0.2, -0.15) is 0 Å². The van der Waals surface area contributed by atoms with E-state index in [1.54, 1.807) is 30.2 Å². The van der Waals surface area contributed by atoms with Gasteiger partial charge in [0.25, 0.3) is 11.6 Å². The molecule has 200 valence electrons. The van der Waals surface area contributed by atoms with E-state index in [0.717, 1.165) is 31.2 Å². The van der Waals surface area contributed by atoms with Crippen molar-refractivity contribution in [2.45, 2.75) is 62.8 Å². The highest BCUT2D eigenvalue weighted by molar-refractivity contribution is 7.12. The first kappa shape index (κ1) is 27.2. The van der Waals surface area contributed by atoms with Crippen molar-refractivity contribution in [2.24, 2.45) is 5.73 Å². The highest BCUT2D eigenvalue weighted by atomic mass is 32.1. The monoisotopic (exact) mass is 529 g/mol. The molecule has 0 spiro atoms. The minimum absolute atomic E-state index is 0.0428. The molecule has 1 saturated heterocycles. The molecule has 3 N–H and O–H groups in total. The van der Waals surface area contributed by atoms with Crippen LogP contribution in [0.25, 0.3) is 0 Å². The minimum Gasteiger partial charge on any atom is -0.383 e. The third kappa shape index (κ3) is 6.92. The average Bonchev–Trinajstić information content (AvgIpc) is 3.59. The van der Waals surface area contributed by atoms with E-state index in [1.807, 2.05) is 11.4 Å². The lowest BCUT2D eigenvalue weighted by atomic mass is 9.91. The van der Waals surface area contributed by atoms with Crippen LogP contribution in [0, 0.1) is 10.1 Å². The number of nitrogens with one attached hydrogen (secondary N) is 1. The average molecular weight is 530 g/mol. The molecule has 11 heteroatoms. The molecule has 0 bridgehead atoms. The molecule has 2 aliphatic rings. The second-order valence-electron chi connectivity index (χ2n) is 9.85. The molecule has 2 heterocycles. The maximum Gasteiger partial charge on any atom is 0.269 e. The summed E-state index contributed by atoms with van der Waals surface area (Å²) >= 11 is 1.37. The van der Waals surface area contributed by atoms with Gasteiger partial charge >= 0.3 is 0 Å². The molecule has 1 aliphatic heterocycles. The number of rotatable bonds is 10. The molecule has 1 aromatic heterocycles. The van der Waals surface area contributed by atoms with Crippen molar-refractivity contribution in [3.05, 3.63) is 62.3 Å². The maximum absolute atomic E-state index is 13.5. The highest BCUT2D eigenvalue weighted by Gasteiger charge is 2.42. The largest absolute Gasteiger partial charge is 0.383 e. The van der Waals surface area contributed by atoms with Crippen LogP contribution in [0.4, 0.5) is 5.69 Å². The molecule has 2 amide bonds.